The minimum atomic E-state index is 0.0487. The molecule has 0 fully saturated rings. The molecule has 1 heterocycles. The lowest BCUT2D eigenvalue weighted by atomic mass is 9.94. The van der Waals surface area contributed by atoms with Crippen molar-refractivity contribution in [2.24, 2.45) is 10.1 Å². The molecule has 28 heavy (non-hydrogen) atoms. The molecular formula is C23H29N5. The second-order valence-corrected chi connectivity index (χ2v) is 6.09. The number of nitrogens with one attached hydrogen (secondary N) is 2. The van der Waals surface area contributed by atoms with Crippen molar-refractivity contribution in [3.8, 4) is 0 Å². The van der Waals surface area contributed by atoms with Crippen molar-refractivity contribution in [1.82, 2.24) is 10.4 Å². The first-order valence-electron chi connectivity index (χ1n) is 9.33. The Balaban J connectivity index is 0.00000136. The van der Waals surface area contributed by atoms with Crippen molar-refractivity contribution >= 4 is 30.9 Å². The highest BCUT2D eigenvalue weighted by Crippen LogP contribution is 2.37. The average Bonchev–Trinajstić information content (AvgIpc) is 3.04. The summed E-state index contributed by atoms with van der Waals surface area (Å²) in [5, 5.41) is 7.91. The van der Waals surface area contributed by atoms with Gasteiger partial charge in [-0.3, -0.25) is 10.4 Å². The van der Waals surface area contributed by atoms with Crippen LogP contribution in [-0.4, -0.2) is 31.7 Å². The molecule has 0 aliphatic carbocycles. The SMILES string of the molecule is C=C/C=c1/c(C2c3cc(C(=NC)NN=C)ccc3NN2C)cccc1=C.CC. The Morgan fingerprint density at radius 2 is 1.96 bits per heavy atom. The molecule has 0 saturated heterocycles. The summed E-state index contributed by atoms with van der Waals surface area (Å²) >= 11 is 0. The van der Waals surface area contributed by atoms with Crippen LogP contribution in [0.2, 0.25) is 0 Å². The zero-order chi connectivity index (χ0) is 20.7. The van der Waals surface area contributed by atoms with Gasteiger partial charge in [-0.05, 0) is 34.2 Å². The number of amidine groups is 1. The van der Waals surface area contributed by atoms with Crippen LogP contribution in [0.15, 0.2) is 59.1 Å². The number of rotatable bonds is 4. The minimum absolute atomic E-state index is 0.0487. The van der Waals surface area contributed by atoms with Gasteiger partial charge in [-0.15, -0.1) is 0 Å². The number of allylic oxidation sites excluding steroid dienone is 1. The van der Waals surface area contributed by atoms with Crippen LogP contribution < -0.4 is 21.3 Å². The van der Waals surface area contributed by atoms with Crippen LogP contribution >= 0.6 is 0 Å². The molecule has 2 N–H and O–H groups in total. The van der Waals surface area contributed by atoms with E-state index in [2.05, 4.69) is 64.0 Å². The van der Waals surface area contributed by atoms with E-state index in [1.165, 1.54) is 11.1 Å². The van der Waals surface area contributed by atoms with Crippen molar-refractivity contribution < 1.29 is 0 Å². The van der Waals surface area contributed by atoms with Gasteiger partial charge in [0.25, 0.3) is 0 Å². The summed E-state index contributed by atoms with van der Waals surface area (Å²) in [5.41, 5.74) is 10.6. The van der Waals surface area contributed by atoms with Gasteiger partial charge in [0, 0.05) is 31.9 Å². The molecule has 1 atom stereocenters. The smallest absolute Gasteiger partial charge is 0.148 e. The monoisotopic (exact) mass is 375 g/mol. The molecule has 0 radical (unpaired) electrons. The first kappa shape index (κ1) is 21.1. The van der Waals surface area contributed by atoms with Crippen molar-refractivity contribution in [2.45, 2.75) is 19.9 Å². The molecule has 146 valence electrons. The highest BCUT2D eigenvalue weighted by Gasteiger charge is 2.30. The Kier molecular flexibility index (Phi) is 7.29. The summed E-state index contributed by atoms with van der Waals surface area (Å²) in [6.07, 6.45) is 3.81. The lowest BCUT2D eigenvalue weighted by molar-refractivity contribution is 0.362. The predicted molar refractivity (Wildman–Crippen MR) is 122 cm³/mol. The van der Waals surface area contributed by atoms with Crippen LogP contribution in [0.1, 0.15) is 36.6 Å². The van der Waals surface area contributed by atoms with Crippen molar-refractivity contribution in [3.05, 3.63) is 76.2 Å². The fourth-order valence-corrected chi connectivity index (χ4v) is 3.39. The topological polar surface area (TPSA) is 52.0 Å². The second-order valence-electron chi connectivity index (χ2n) is 6.09. The molecule has 0 aromatic heterocycles. The minimum Gasteiger partial charge on any atom is -0.318 e. The molecule has 0 spiro atoms. The van der Waals surface area contributed by atoms with E-state index in [9.17, 15) is 0 Å². The fraction of sp³-hybridized carbons (Fsp3) is 0.217. The number of benzene rings is 2. The first-order chi connectivity index (χ1) is 13.6. The molecular weight excluding hydrogens is 346 g/mol. The van der Waals surface area contributed by atoms with E-state index >= 15 is 0 Å². The maximum Gasteiger partial charge on any atom is 0.148 e. The lowest BCUT2D eigenvalue weighted by Gasteiger charge is -2.21. The van der Waals surface area contributed by atoms with Crippen LogP contribution in [0.25, 0.3) is 12.7 Å². The molecule has 5 nitrogen and oxygen atoms in total. The Morgan fingerprint density at radius 1 is 1.21 bits per heavy atom. The van der Waals surface area contributed by atoms with E-state index < -0.39 is 0 Å². The lowest BCUT2D eigenvalue weighted by Crippen LogP contribution is -2.33. The summed E-state index contributed by atoms with van der Waals surface area (Å²) in [6.45, 7) is 15.5. The van der Waals surface area contributed by atoms with E-state index in [0.717, 1.165) is 21.7 Å². The van der Waals surface area contributed by atoms with E-state index in [4.69, 9.17) is 0 Å². The van der Waals surface area contributed by atoms with Gasteiger partial charge >= 0.3 is 0 Å². The van der Waals surface area contributed by atoms with E-state index in [0.29, 0.717) is 5.84 Å². The van der Waals surface area contributed by atoms with Gasteiger partial charge in [0.15, 0.2) is 0 Å². The van der Waals surface area contributed by atoms with Gasteiger partial charge in [-0.1, -0.05) is 57.4 Å². The van der Waals surface area contributed by atoms with Gasteiger partial charge in [0.05, 0.1) is 11.7 Å². The Labute approximate surface area is 167 Å². The molecule has 5 heteroatoms. The van der Waals surface area contributed by atoms with E-state index in [-0.39, 0.29) is 6.04 Å². The van der Waals surface area contributed by atoms with Gasteiger partial charge in [-0.2, -0.15) is 5.10 Å². The standard InChI is InChI=1S/C21H23N5.C2H6/c1-6-8-16-14(2)9-7-10-17(16)20-18-13-15(21(22-3)24-23-4)11-12-19(18)25-26(20)5;1-2/h6-13,20,25H,1-2,4H2,3,5H3,(H,22,24);1-2H3/b16-8+;. The average molecular weight is 376 g/mol. The largest absolute Gasteiger partial charge is 0.318 e. The third-order valence-corrected chi connectivity index (χ3v) is 4.52. The summed E-state index contributed by atoms with van der Waals surface area (Å²) in [5.74, 6) is 0.680. The van der Waals surface area contributed by atoms with Gasteiger partial charge in [-0.25, -0.2) is 5.01 Å². The van der Waals surface area contributed by atoms with Crippen LogP contribution in [0.4, 0.5) is 5.69 Å². The summed E-state index contributed by atoms with van der Waals surface area (Å²) < 4.78 is 0. The normalized spacial score (nSPS) is 16.5. The molecule has 1 aliphatic heterocycles. The number of hydrogen-bond acceptors (Lipinski definition) is 4. The molecule has 3 rings (SSSR count). The molecule has 1 unspecified atom stereocenters. The number of nitrogens with zero attached hydrogens (tertiary/aromatic N) is 3. The Hall–Kier alpha value is -3.18. The van der Waals surface area contributed by atoms with Gasteiger partial charge < -0.3 is 5.43 Å². The van der Waals surface area contributed by atoms with Crippen molar-refractivity contribution in [2.75, 3.05) is 19.5 Å². The highest BCUT2D eigenvalue weighted by molar-refractivity contribution is 5.99. The third kappa shape index (κ3) is 4.05. The van der Waals surface area contributed by atoms with Crippen LogP contribution in [0.3, 0.4) is 0 Å². The maximum atomic E-state index is 4.26. The van der Waals surface area contributed by atoms with Gasteiger partial charge in [0.2, 0.25) is 0 Å². The van der Waals surface area contributed by atoms with Crippen LogP contribution in [0.5, 0.6) is 0 Å². The Morgan fingerprint density at radius 3 is 2.61 bits per heavy atom. The molecule has 0 amide bonds. The second kappa shape index (κ2) is 9.67. The van der Waals surface area contributed by atoms with Crippen molar-refractivity contribution in [1.29, 1.82) is 0 Å². The molecule has 0 bridgehead atoms. The number of hydrazone groups is 1. The molecule has 0 saturated carbocycles. The van der Waals surface area contributed by atoms with Gasteiger partial charge in [0.1, 0.15) is 5.84 Å². The Bertz CT molecular complexity index is 991. The number of hydrogen-bond donors (Lipinski definition) is 2. The first-order valence-corrected chi connectivity index (χ1v) is 9.33. The third-order valence-electron chi connectivity index (χ3n) is 4.52. The zero-order valence-corrected chi connectivity index (χ0v) is 17.2. The van der Waals surface area contributed by atoms with Crippen molar-refractivity contribution in [3.63, 3.8) is 0 Å². The zero-order valence-electron chi connectivity index (χ0n) is 17.2. The highest BCUT2D eigenvalue weighted by atomic mass is 15.5. The van der Waals surface area contributed by atoms with Crippen LogP contribution in [0, 0.1) is 0 Å². The molecule has 2 aromatic rings. The number of hydrazine groups is 1. The number of fused-ring (bicyclic) bond motifs is 1. The summed E-state index contributed by atoms with van der Waals surface area (Å²) in [6, 6.07) is 12.4. The molecule has 1 aliphatic rings. The van der Waals surface area contributed by atoms with E-state index in [1.54, 1.807) is 13.1 Å². The number of aliphatic imine (C=N–C) groups is 1. The van der Waals surface area contributed by atoms with Crippen LogP contribution in [-0.2, 0) is 0 Å². The quantitative estimate of drug-likeness (QED) is 0.491. The maximum absolute atomic E-state index is 4.26. The fourth-order valence-electron chi connectivity index (χ4n) is 3.39. The number of anilines is 1. The predicted octanol–water partition coefficient (Wildman–Crippen LogP) is 3.03. The van der Waals surface area contributed by atoms with E-state index in [1.807, 2.05) is 45.2 Å². The summed E-state index contributed by atoms with van der Waals surface area (Å²) in [4.78, 5) is 4.26. The summed E-state index contributed by atoms with van der Waals surface area (Å²) in [7, 11) is 3.77. The molecule has 2 aromatic carbocycles.